The average molecular weight is 275 g/mol. The number of anilines is 2. The van der Waals surface area contributed by atoms with Crippen molar-refractivity contribution in [1.29, 1.82) is 0 Å². The molecule has 2 aromatic rings. The van der Waals surface area contributed by atoms with Gasteiger partial charge in [0.2, 0.25) is 11.6 Å². The SMILES string of the molecule is COC(=O)c1nnn(CC(=O)Nc2ccccc2)c1N. The molecule has 3 N–H and O–H groups in total. The van der Waals surface area contributed by atoms with E-state index in [0.29, 0.717) is 5.69 Å². The third-order valence-corrected chi connectivity index (χ3v) is 2.50. The van der Waals surface area contributed by atoms with Crippen molar-refractivity contribution in [3.63, 3.8) is 0 Å². The van der Waals surface area contributed by atoms with E-state index in [1.165, 1.54) is 7.11 Å². The maximum atomic E-state index is 11.8. The Labute approximate surface area is 114 Å². The van der Waals surface area contributed by atoms with Gasteiger partial charge in [0.1, 0.15) is 6.54 Å². The third kappa shape index (κ3) is 2.91. The van der Waals surface area contributed by atoms with E-state index in [0.717, 1.165) is 4.68 Å². The fourth-order valence-corrected chi connectivity index (χ4v) is 1.54. The Morgan fingerprint density at radius 1 is 1.35 bits per heavy atom. The minimum atomic E-state index is -0.697. The summed E-state index contributed by atoms with van der Waals surface area (Å²) in [5, 5.41) is 9.90. The molecule has 0 aliphatic heterocycles. The van der Waals surface area contributed by atoms with Crippen molar-refractivity contribution in [2.24, 2.45) is 0 Å². The van der Waals surface area contributed by atoms with Crippen molar-refractivity contribution < 1.29 is 14.3 Å². The highest BCUT2D eigenvalue weighted by molar-refractivity contribution is 5.93. The van der Waals surface area contributed by atoms with Gasteiger partial charge in [0.05, 0.1) is 7.11 Å². The molecule has 0 atom stereocenters. The molecule has 8 nitrogen and oxygen atoms in total. The molecular weight excluding hydrogens is 262 g/mol. The van der Waals surface area contributed by atoms with Gasteiger partial charge in [-0.25, -0.2) is 9.48 Å². The quantitative estimate of drug-likeness (QED) is 0.775. The van der Waals surface area contributed by atoms with Gasteiger partial charge in [-0.3, -0.25) is 4.79 Å². The molecule has 0 radical (unpaired) electrons. The molecule has 0 bridgehead atoms. The summed E-state index contributed by atoms with van der Waals surface area (Å²) in [4.78, 5) is 23.1. The van der Waals surface area contributed by atoms with E-state index in [2.05, 4.69) is 20.4 Å². The highest BCUT2D eigenvalue weighted by Gasteiger charge is 2.19. The molecule has 1 aromatic carbocycles. The Kier molecular flexibility index (Phi) is 3.94. The number of aromatic nitrogens is 3. The number of hydrogen-bond donors (Lipinski definition) is 2. The molecule has 1 amide bonds. The van der Waals surface area contributed by atoms with Gasteiger partial charge < -0.3 is 15.8 Å². The van der Waals surface area contributed by atoms with Crippen LogP contribution in [0.3, 0.4) is 0 Å². The molecule has 0 aliphatic carbocycles. The lowest BCUT2D eigenvalue weighted by Gasteiger charge is -2.05. The number of para-hydroxylation sites is 1. The molecule has 0 spiro atoms. The van der Waals surface area contributed by atoms with Crippen LogP contribution in [0.25, 0.3) is 0 Å². The van der Waals surface area contributed by atoms with Crippen molar-refractivity contribution in [3.05, 3.63) is 36.0 Å². The van der Waals surface area contributed by atoms with Gasteiger partial charge in [-0.05, 0) is 12.1 Å². The minimum absolute atomic E-state index is 0.0138. The molecule has 0 unspecified atom stereocenters. The molecule has 1 aromatic heterocycles. The minimum Gasteiger partial charge on any atom is -0.464 e. The number of ether oxygens (including phenoxy) is 1. The van der Waals surface area contributed by atoms with Crippen LogP contribution in [0.1, 0.15) is 10.5 Å². The van der Waals surface area contributed by atoms with E-state index in [1.807, 2.05) is 6.07 Å². The topological polar surface area (TPSA) is 112 Å². The van der Waals surface area contributed by atoms with Crippen LogP contribution in [0.2, 0.25) is 0 Å². The van der Waals surface area contributed by atoms with E-state index in [-0.39, 0.29) is 24.0 Å². The lowest BCUT2D eigenvalue weighted by molar-refractivity contribution is -0.116. The van der Waals surface area contributed by atoms with E-state index in [1.54, 1.807) is 24.3 Å². The number of rotatable bonds is 4. The zero-order chi connectivity index (χ0) is 14.5. The largest absolute Gasteiger partial charge is 0.464 e. The summed E-state index contributed by atoms with van der Waals surface area (Å²) in [7, 11) is 1.21. The molecule has 0 saturated heterocycles. The van der Waals surface area contributed by atoms with Crippen molar-refractivity contribution >= 4 is 23.4 Å². The number of carbonyl (C=O) groups excluding carboxylic acids is 2. The van der Waals surface area contributed by atoms with Gasteiger partial charge in [-0.15, -0.1) is 5.10 Å². The number of benzene rings is 1. The average Bonchev–Trinajstić information content (AvgIpc) is 2.80. The molecule has 8 heteroatoms. The second kappa shape index (κ2) is 5.83. The predicted octanol–water partition coefficient (Wildman–Crippen LogP) is 0.286. The number of carbonyl (C=O) groups is 2. The zero-order valence-corrected chi connectivity index (χ0v) is 10.7. The standard InChI is InChI=1S/C12H13N5O3/c1-20-12(19)10-11(13)17(16-15-10)7-9(18)14-8-5-3-2-4-6-8/h2-6H,7,13H2,1H3,(H,14,18). The Hall–Kier alpha value is -2.90. The normalized spacial score (nSPS) is 10.1. The number of nitrogen functional groups attached to an aromatic ring is 1. The molecule has 0 fully saturated rings. The summed E-state index contributed by atoms with van der Waals surface area (Å²) in [6.07, 6.45) is 0. The lowest BCUT2D eigenvalue weighted by atomic mass is 10.3. The highest BCUT2D eigenvalue weighted by atomic mass is 16.5. The summed E-state index contributed by atoms with van der Waals surface area (Å²) >= 11 is 0. The second-order valence-corrected chi connectivity index (χ2v) is 3.89. The molecule has 20 heavy (non-hydrogen) atoms. The fraction of sp³-hybridized carbons (Fsp3) is 0.167. The van der Waals surface area contributed by atoms with Crippen LogP contribution in [-0.4, -0.2) is 34.0 Å². The van der Waals surface area contributed by atoms with Gasteiger partial charge in [0.25, 0.3) is 0 Å². The van der Waals surface area contributed by atoms with E-state index < -0.39 is 5.97 Å². The van der Waals surface area contributed by atoms with Crippen molar-refractivity contribution in [2.45, 2.75) is 6.54 Å². The van der Waals surface area contributed by atoms with E-state index >= 15 is 0 Å². The van der Waals surface area contributed by atoms with Crippen LogP contribution in [0.5, 0.6) is 0 Å². The highest BCUT2D eigenvalue weighted by Crippen LogP contribution is 2.10. The van der Waals surface area contributed by atoms with Gasteiger partial charge in [-0.1, -0.05) is 23.4 Å². The predicted molar refractivity (Wildman–Crippen MR) is 70.8 cm³/mol. The maximum Gasteiger partial charge on any atom is 0.362 e. The van der Waals surface area contributed by atoms with Crippen LogP contribution in [0, 0.1) is 0 Å². The zero-order valence-electron chi connectivity index (χ0n) is 10.7. The molecular formula is C12H13N5O3. The number of hydrogen-bond acceptors (Lipinski definition) is 6. The van der Waals surface area contributed by atoms with Crippen LogP contribution < -0.4 is 11.1 Å². The van der Waals surface area contributed by atoms with Gasteiger partial charge in [0, 0.05) is 5.69 Å². The first-order chi connectivity index (χ1) is 9.61. The molecule has 2 rings (SSSR count). The molecule has 0 saturated carbocycles. The summed E-state index contributed by atoms with van der Waals surface area (Å²) in [6.45, 7) is -0.148. The van der Waals surface area contributed by atoms with Gasteiger partial charge >= 0.3 is 5.97 Å². The molecule has 0 aliphatic rings. The van der Waals surface area contributed by atoms with Crippen LogP contribution >= 0.6 is 0 Å². The molecule has 1 heterocycles. The number of nitrogens with two attached hydrogens (primary N) is 1. The van der Waals surface area contributed by atoms with Crippen molar-refractivity contribution in [2.75, 3.05) is 18.2 Å². The number of amides is 1. The third-order valence-electron chi connectivity index (χ3n) is 2.50. The van der Waals surface area contributed by atoms with Crippen LogP contribution in [0.4, 0.5) is 11.5 Å². The summed E-state index contributed by atoms with van der Waals surface area (Å²) in [6, 6.07) is 8.95. The Balaban J connectivity index is 2.05. The fourth-order valence-electron chi connectivity index (χ4n) is 1.54. The summed E-state index contributed by atoms with van der Waals surface area (Å²) < 4.78 is 5.63. The number of nitrogens with one attached hydrogen (secondary N) is 1. The Morgan fingerprint density at radius 3 is 2.70 bits per heavy atom. The summed E-state index contributed by atoms with van der Waals surface area (Å²) in [5.74, 6) is -1.04. The number of methoxy groups -OCH3 is 1. The Morgan fingerprint density at radius 2 is 2.05 bits per heavy atom. The van der Waals surface area contributed by atoms with Crippen molar-refractivity contribution in [3.8, 4) is 0 Å². The molecule has 104 valence electrons. The smallest absolute Gasteiger partial charge is 0.362 e. The van der Waals surface area contributed by atoms with Crippen LogP contribution in [0.15, 0.2) is 30.3 Å². The van der Waals surface area contributed by atoms with Gasteiger partial charge in [0.15, 0.2) is 5.82 Å². The van der Waals surface area contributed by atoms with E-state index in [9.17, 15) is 9.59 Å². The lowest BCUT2D eigenvalue weighted by Crippen LogP contribution is -2.21. The maximum absolute atomic E-state index is 11.8. The summed E-state index contributed by atoms with van der Waals surface area (Å²) in [5.41, 5.74) is 6.22. The van der Waals surface area contributed by atoms with Gasteiger partial charge in [-0.2, -0.15) is 0 Å². The van der Waals surface area contributed by atoms with E-state index in [4.69, 9.17) is 5.73 Å². The first-order valence-corrected chi connectivity index (χ1v) is 5.74. The monoisotopic (exact) mass is 275 g/mol. The van der Waals surface area contributed by atoms with Crippen LogP contribution in [-0.2, 0) is 16.1 Å². The second-order valence-electron chi connectivity index (χ2n) is 3.89. The first kappa shape index (κ1) is 13.5. The van der Waals surface area contributed by atoms with Crippen molar-refractivity contribution in [1.82, 2.24) is 15.0 Å². The number of nitrogens with zero attached hydrogens (tertiary/aromatic N) is 3. The Bertz CT molecular complexity index is 623. The first-order valence-electron chi connectivity index (χ1n) is 5.74. The number of esters is 1.